The normalized spacial score (nSPS) is 9.82. The fourth-order valence-corrected chi connectivity index (χ4v) is 2.31. The van der Waals surface area contributed by atoms with Crippen LogP contribution in [0.4, 0.5) is 0 Å². The molecule has 0 amide bonds. The fourth-order valence-electron chi connectivity index (χ4n) is 1.79. The quantitative estimate of drug-likeness (QED) is 0.295. The molecule has 1 N–H and O–H groups in total. The van der Waals surface area contributed by atoms with Gasteiger partial charge in [-0.25, -0.2) is 4.79 Å². The summed E-state index contributed by atoms with van der Waals surface area (Å²) in [5.74, 6) is -0.860. The van der Waals surface area contributed by atoms with Crippen molar-refractivity contribution in [2.24, 2.45) is 14.1 Å². The van der Waals surface area contributed by atoms with E-state index in [1.54, 1.807) is 14.1 Å². The standard InChI is InChI=1S/C8H6N2O2.C4H6N2O2S.C3H4N2O2/c11-8-6-10(9-12-8)7-4-2-1-3-5-7;1-6-3(9-2)4(7)8-5-6;1-5-2-3(6)7-4-5/h1-6H;1-2H3;2H,1H3/p+1. The molecule has 13 heteroatoms. The van der Waals surface area contributed by atoms with E-state index in [4.69, 9.17) is 0 Å². The molecule has 0 fully saturated rings. The molecule has 1 aromatic carbocycles. The summed E-state index contributed by atoms with van der Waals surface area (Å²) in [6.07, 6.45) is 4.36. The summed E-state index contributed by atoms with van der Waals surface area (Å²) in [6.45, 7) is 0. The lowest BCUT2D eigenvalue weighted by atomic mass is 10.3. The minimum Gasteiger partial charge on any atom is -0.539 e. The molecule has 3 heterocycles. The van der Waals surface area contributed by atoms with Crippen LogP contribution in [-0.2, 0) is 14.1 Å². The average molecular weight is 409 g/mol. The monoisotopic (exact) mass is 409 g/mol. The van der Waals surface area contributed by atoms with Crippen molar-refractivity contribution in [1.82, 2.24) is 15.8 Å². The molecule has 0 atom stereocenters. The van der Waals surface area contributed by atoms with Crippen molar-refractivity contribution in [2.45, 2.75) is 5.03 Å². The summed E-state index contributed by atoms with van der Waals surface area (Å²) in [5.41, 5.74) is 0.494. The largest absolute Gasteiger partial charge is 0.539 e. The van der Waals surface area contributed by atoms with Crippen molar-refractivity contribution >= 4 is 11.8 Å². The maximum atomic E-state index is 10.6. The first-order valence-corrected chi connectivity index (χ1v) is 8.85. The lowest BCUT2D eigenvalue weighted by Gasteiger charge is -1.84. The van der Waals surface area contributed by atoms with Gasteiger partial charge in [0, 0.05) is 12.1 Å². The number of aromatic nitrogens is 6. The highest BCUT2D eigenvalue weighted by atomic mass is 32.2. The molecule has 148 valence electrons. The average Bonchev–Trinajstić information content (AvgIpc) is 3.38. The SMILES string of the molecule is CSc1c(=O)o[nH][n+]1C.C[n+]1cc([O-])on1.[O-]c1c[n+](-c2ccccc2)no1. The van der Waals surface area contributed by atoms with Crippen LogP contribution in [-0.4, -0.2) is 22.1 Å². The van der Waals surface area contributed by atoms with E-state index < -0.39 is 11.9 Å². The number of aryl methyl sites for hydroxylation is 2. The van der Waals surface area contributed by atoms with Crippen molar-refractivity contribution in [3.05, 3.63) is 53.1 Å². The molecule has 0 spiro atoms. The summed E-state index contributed by atoms with van der Waals surface area (Å²) < 4.78 is 17.2. The molecule has 0 aliphatic rings. The van der Waals surface area contributed by atoms with Gasteiger partial charge in [0.25, 0.3) is 0 Å². The van der Waals surface area contributed by atoms with Gasteiger partial charge in [-0.2, -0.15) is 0 Å². The molecule has 0 saturated heterocycles. The molecule has 28 heavy (non-hydrogen) atoms. The van der Waals surface area contributed by atoms with Crippen molar-refractivity contribution < 1.29 is 37.8 Å². The number of nitrogens with zero attached hydrogens (tertiary/aromatic N) is 5. The molecule has 12 nitrogen and oxygen atoms in total. The predicted molar refractivity (Wildman–Crippen MR) is 86.9 cm³/mol. The highest BCUT2D eigenvalue weighted by Gasteiger charge is 2.13. The Balaban J connectivity index is 0.000000157. The zero-order valence-corrected chi connectivity index (χ0v) is 16.0. The third-order valence-electron chi connectivity index (χ3n) is 2.97. The van der Waals surface area contributed by atoms with Crippen LogP contribution in [0.25, 0.3) is 5.69 Å². The van der Waals surface area contributed by atoms with E-state index in [0.717, 1.165) is 5.69 Å². The molecule has 0 aliphatic heterocycles. The second kappa shape index (κ2) is 9.91. The Morgan fingerprint density at radius 3 is 2.04 bits per heavy atom. The molecule has 0 unspecified atom stereocenters. The predicted octanol–water partition coefficient (Wildman–Crippen LogP) is -1.89. The first kappa shape index (κ1) is 20.7. The third-order valence-corrected chi connectivity index (χ3v) is 3.79. The van der Waals surface area contributed by atoms with Gasteiger partial charge in [-0.1, -0.05) is 39.3 Å². The summed E-state index contributed by atoms with van der Waals surface area (Å²) in [4.78, 5) is 10.6. The number of nitrogens with one attached hydrogen (secondary N) is 1. The Kier molecular flexibility index (Phi) is 7.33. The van der Waals surface area contributed by atoms with E-state index in [1.165, 1.54) is 38.2 Å². The van der Waals surface area contributed by atoms with E-state index in [1.807, 2.05) is 36.6 Å². The second-order valence-electron chi connectivity index (χ2n) is 5.05. The molecule has 4 rings (SSSR count). The number of H-pyrrole nitrogens is 1. The van der Waals surface area contributed by atoms with Gasteiger partial charge in [-0.05, 0) is 16.2 Å². The second-order valence-corrected chi connectivity index (χ2v) is 5.84. The van der Waals surface area contributed by atoms with Crippen LogP contribution in [0.5, 0.6) is 11.9 Å². The molecule has 0 radical (unpaired) electrons. The van der Waals surface area contributed by atoms with Crippen LogP contribution in [0.2, 0.25) is 0 Å². The lowest BCUT2D eigenvalue weighted by Crippen LogP contribution is -2.33. The first-order chi connectivity index (χ1) is 13.4. The van der Waals surface area contributed by atoms with Gasteiger partial charge < -0.3 is 19.3 Å². The number of thioether (sulfide) groups is 1. The van der Waals surface area contributed by atoms with Gasteiger partial charge in [0.15, 0.2) is 14.1 Å². The minimum absolute atomic E-state index is 0.315. The van der Waals surface area contributed by atoms with E-state index in [0.29, 0.717) is 5.03 Å². The third kappa shape index (κ3) is 5.98. The number of hydrogen-bond acceptors (Lipinski definition) is 9. The lowest BCUT2D eigenvalue weighted by molar-refractivity contribution is -0.772. The maximum absolute atomic E-state index is 10.6. The maximum Gasteiger partial charge on any atom is 0.441 e. The highest BCUT2D eigenvalue weighted by Crippen LogP contribution is 2.00. The molecular formula is C15H17N6O6S+. The zero-order valence-electron chi connectivity index (χ0n) is 15.1. The van der Waals surface area contributed by atoms with E-state index >= 15 is 0 Å². The van der Waals surface area contributed by atoms with Gasteiger partial charge >= 0.3 is 10.7 Å². The molecule has 0 saturated carbocycles. The number of benzene rings is 1. The number of rotatable bonds is 2. The van der Waals surface area contributed by atoms with Gasteiger partial charge in [-0.15, -0.1) is 0 Å². The Hall–Kier alpha value is -3.61. The van der Waals surface area contributed by atoms with Gasteiger partial charge in [-0.3, -0.25) is 4.52 Å². The summed E-state index contributed by atoms with van der Waals surface area (Å²) >= 11 is 1.35. The number of hydrogen-bond donors (Lipinski definition) is 1. The fraction of sp³-hybridized carbons (Fsp3) is 0.200. The molecular weight excluding hydrogens is 392 g/mol. The van der Waals surface area contributed by atoms with Crippen LogP contribution in [0.3, 0.4) is 0 Å². The van der Waals surface area contributed by atoms with Gasteiger partial charge in [0.2, 0.25) is 18.1 Å². The van der Waals surface area contributed by atoms with E-state index in [9.17, 15) is 15.0 Å². The van der Waals surface area contributed by atoms with Crippen molar-refractivity contribution in [1.29, 1.82) is 0 Å². The zero-order chi connectivity index (χ0) is 20.5. The molecule has 3 aromatic heterocycles. The Labute approximate surface area is 162 Å². The molecule has 4 aromatic rings. The van der Waals surface area contributed by atoms with Gasteiger partial charge in [0.05, 0.1) is 10.5 Å². The van der Waals surface area contributed by atoms with Crippen LogP contribution in [0.15, 0.2) is 66.1 Å². The summed E-state index contributed by atoms with van der Waals surface area (Å²) in [6, 6.07) is 9.29. The topological polar surface area (TPSA) is 156 Å². The Morgan fingerprint density at radius 2 is 1.68 bits per heavy atom. The molecule has 0 bridgehead atoms. The Morgan fingerprint density at radius 1 is 1.04 bits per heavy atom. The first-order valence-electron chi connectivity index (χ1n) is 7.63. The van der Waals surface area contributed by atoms with Crippen molar-refractivity contribution in [3.8, 4) is 17.6 Å². The van der Waals surface area contributed by atoms with Crippen molar-refractivity contribution in [3.63, 3.8) is 0 Å². The summed E-state index contributed by atoms with van der Waals surface area (Å²) in [5, 5.41) is 30.4. The number of aromatic amines is 1. The molecule has 0 aliphatic carbocycles. The minimum atomic E-state index is -0.446. The van der Waals surface area contributed by atoms with E-state index in [2.05, 4.69) is 29.4 Å². The van der Waals surface area contributed by atoms with Crippen LogP contribution < -0.4 is 29.9 Å². The highest BCUT2D eigenvalue weighted by molar-refractivity contribution is 7.98. The van der Waals surface area contributed by atoms with Crippen LogP contribution in [0, 0.1) is 0 Å². The Bertz CT molecular complexity index is 1020. The van der Waals surface area contributed by atoms with Crippen LogP contribution in [0.1, 0.15) is 0 Å². The van der Waals surface area contributed by atoms with E-state index in [-0.39, 0.29) is 5.63 Å². The van der Waals surface area contributed by atoms with Crippen molar-refractivity contribution in [2.75, 3.05) is 6.26 Å². The van der Waals surface area contributed by atoms with Crippen LogP contribution >= 0.6 is 11.8 Å². The number of para-hydroxylation sites is 1. The smallest absolute Gasteiger partial charge is 0.441 e. The summed E-state index contributed by atoms with van der Waals surface area (Å²) in [7, 11) is 3.33. The van der Waals surface area contributed by atoms with Gasteiger partial charge in [0.1, 0.15) is 11.9 Å².